The van der Waals surface area contributed by atoms with E-state index in [-0.39, 0.29) is 17.1 Å². The molecular weight excluding hydrogens is 388 g/mol. The van der Waals surface area contributed by atoms with Gasteiger partial charge in [0, 0.05) is 11.6 Å². The maximum Gasteiger partial charge on any atom is 0.203 e. The van der Waals surface area contributed by atoms with Crippen molar-refractivity contribution in [2.45, 2.75) is 19.8 Å². The van der Waals surface area contributed by atoms with E-state index in [0.29, 0.717) is 40.5 Å². The first-order valence-corrected chi connectivity index (χ1v) is 9.44. The van der Waals surface area contributed by atoms with Gasteiger partial charge in [0.25, 0.3) is 0 Å². The SMILES string of the molecule is CCCc1c(OC)cc(OC)c(C(=O)/C=C/c2cc(OC)c(OC)c(OC)c2)c1O. The number of hydrogen-bond donors (Lipinski definition) is 1. The molecule has 0 aliphatic carbocycles. The minimum Gasteiger partial charge on any atom is -0.507 e. The molecule has 0 radical (unpaired) electrons. The summed E-state index contributed by atoms with van der Waals surface area (Å²) in [5.41, 5.74) is 1.33. The Labute approximate surface area is 176 Å². The average Bonchev–Trinajstić information content (AvgIpc) is 2.77. The molecule has 7 nitrogen and oxygen atoms in total. The molecule has 0 atom stereocenters. The molecule has 0 heterocycles. The molecule has 2 rings (SSSR count). The fourth-order valence-electron chi connectivity index (χ4n) is 3.19. The standard InChI is InChI=1S/C23H28O7/c1-7-8-15-17(26-2)13-18(27-3)21(22(15)25)16(24)10-9-14-11-19(28-4)23(30-6)20(12-14)29-5/h9-13,25H,7-8H2,1-6H3/b10-9+. The van der Waals surface area contributed by atoms with Gasteiger partial charge in [-0.05, 0) is 30.2 Å². The third-order valence-corrected chi connectivity index (χ3v) is 4.63. The van der Waals surface area contributed by atoms with Crippen molar-refractivity contribution >= 4 is 11.9 Å². The monoisotopic (exact) mass is 416 g/mol. The van der Waals surface area contributed by atoms with Crippen LogP contribution in [0.25, 0.3) is 6.08 Å². The second-order valence-corrected chi connectivity index (χ2v) is 6.39. The lowest BCUT2D eigenvalue weighted by molar-refractivity contribution is 0.104. The second-order valence-electron chi connectivity index (χ2n) is 6.39. The summed E-state index contributed by atoms with van der Waals surface area (Å²) >= 11 is 0. The van der Waals surface area contributed by atoms with E-state index in [0.717, 1.165) is 6.42 Å². The van der Waals surface area contributed by atoms with E-state index in [1.807, 2.05) is 6.92 Å². The normalized spacial score (nSPS) is 10.7. The number of carbonyl (C=O) groups excluding carboxylic acids is 1. The van der Waals surface area contributed by atoms with Crippen LogP contribution in [0.15, 0.2) is 24.3 Å². The minimum absolute atomic E-state index is 0.0884. The predicted octanol–water partition coefficient (Wildman–Crippen LogP) is 4.28. The van der Waals surface area contributed by atoms with Gasteiger partial charge < -0.3 is 28.8 Å². The lowest BCUT2D eigenvalue weighted by atomic mass is 9.99. The van der Waals surface area contributed by atoms with E-state index < -0.39 is 5.78 Å². The topological polar surface area (TPSA) is 83.5 Å². The van der Waals surface area contributed by atoms with Crippen molar-refractivity contribution in [3.63, 3.8) is 0 Å². The van der Waals surface area contributed by atoms with Crippen molar-refractivity contribution in [1.82, 2.24) is 0 Å². The summed E-state index contributed by atoms with van der Waals surface area (Å²) in [6, 6.07) is 5.06. The van der Waals surface area contributed by atoms with Crippen molar-refractivity contribution in [2.75, 3.05) is 35.5 Å². The number of rotatable bonds is 10. The Morgan fingerprint density at radius 2 is 1.43 bits per heavy atom. The van der Waals surface area contributed by atoms with Crippen LogP contribution in [-0.2, 0) is 6.42 Å². The van der Waals surface area contributed by atoms with E-state index in [4.69, 9.17) is 23.7 Å². The van der Waals surface area contributed by atoms with Crippen LogP contribution in [0, 0.1) is 0 Å². The third-order valence-electron chi connectivity index (χ3n) is 4.63. The number of hydrogen-bond acceptors (Lipinski definition) is 7. The number of aromatic hydroxyl groups is 1. The van der Waals surface area contributed by atoms with Crippen molar-refractivity contribution in [2.24, 2.45) is 0 Å². The second kappa shape index (κ2) is 10.4. The smallest absolute Gasteiger partial charge is 0.203 e. The largest absolute Gasteiger partial charge is 0.507 e. The highest BCUT2D eigenvalue weighted by molar-refractivity contribution is 6.11. The molecule has 2 aromatic rings. The lowest BCUT2D eigenvalue weighted by Crippen LogP contribution is -2.04. The summed E-state index contributed by atoms with van der Waals surface area (Å²) in [4.78, 5) is 13.0. The van der Waals surface area contributed by atoms with E-state index in [1.54, 1.807) is 24.3 Å². The fourth-order valence-corrected chi connectivity index (χ4v) is 3.19. The van der Waals surface area contributed by atoms with Gasteiger partial charge in [-0.3, -0.25) is 4.79 Å². The first kappa shape index (κ1) is 22.9. The zero-order valence-electron chi connectivity index (χ0n) is 18.2. The molecule has 0 saturated heterocycles. The van der Waals surface area contributed by atoms with E-state index in [9.17, 15) is 9.90 Å². The van der Waals surface area contributed by atoms with Gasteiger partial charge in [0.1, 0.15) is 22.8 Å². The summed E-state index contributed by atoms with van der Waals surface area (Å²) in [6.45, 7) is 1.98. The van der Waals surface area contributed by atoms with Crippen LogP contribution >= 0.6 is 0 Å². The van der Waals surface area contributed by atoms with Gasteiger partial charge in [0.2, 0.25) is 5.75 Å². The van der Waals surface area contributed by atoms with Crippen molar-refractivity contribution in [1.29, 1.82) is 0 Å². The minimum atomic E-state index is -0.405. The van der Waals surface area contributed by atoms with Gasteiger partial charge in [0.05, 0.1) is 35.5 Å². The van der Waals surface area contributed by atoms with E-state index in [1.165, 1.54) is 41.6 Å². The van der Waals surface area contributed by atoms with Gasteiger partial charge in [-0.25, -0.2) is 0 Å². The molecule has 0 spiro atoms. The highest BCUT2D eigenvalue weighted by atomic mass is 16.5. The number of phenols is 1. The summed E-state index contributed by atoms with van der Waals surface area (Å²) in [5, 5.41) is 10.8. The molecule has 0 fully saturated rings. The molecule has 0 aliphatic rings. The van der Waals surface area contributed by atoms with Crippen LogP contribution in [0.4, 0.5) is 0 Å². The molecule has 30 heavy (non-hydrogen) atoms. The molecule has 0 aliphatic heterocycles. The molecule has 0 unspecified atom stereocenters. The Kier molecular flexibility index (Phi) is 7.98. The maximum atomic E-state index is 13.0. The predicted molar refractivity (Wildman–Crippen MR) is 115 cm³/mol. The Balaban J connectivity index is 2.49. The van der Waals surface area contributed by atoms with Crippen LogP contribution in [0.1, 0.15) is 34.8 Å². The van der Waals surface area contributed by atoms with Gasteiger partial charge in [0.15, 0.2) is 17.3 Å². The maximum absolute atomic E-state index is 13.0. The van der Waals surface area contributed by atoms with Crippen molar-refractivity contribution in [3.05, 3.63) is 41.0 Å². The molecule has 0 amide bonds. The fraction of sp³-hybridized carbons (Fsp3) is 0.348. The van der Waals surface area contributed by atoms with Crippen LogP contribution < -0.4 is 23.7 Å². The van der Waals surface area contributed by atoms with Crippen LogP contribution in [0.3, 0.4) is 0 Å². The summed E-state index contributed by atoms with van der Waals surface area (Å²) in [7, 11) is 7.51. The van der Waals surface area contributed by atoms with Gasteiger partial charge in [-0.2, -0.15) is 0 Å². The Morgan fingerprint density at radius 1 is 0.867 bits per heavy atom. The molecule has 7 heteroatoms. The summed E-state index contributed by atoms with van der Waals surface area (Å²) < 4.78 is 26.7. The Bertz CT molecular complexity index is 907. The third kappa shape index (κ3) is 4.62. The average molecular weight is 416 g/mol. The number of ether oxygens (including phenoxy) is 5. The molecule has 0 aromatic heterocycles. The quantitative estimate of drug-likeness (QED) is 0.457. The van der Waals surface area contributed by atoms with E-state index >= 15 is 0 Å². The highest BCUT2D eigenvalue weighted by Gasteiger charge is 2.22. The molecule has 2 aromatic carbocycles. The van der Waals surface area contributed by atoms with Crippen molar-refractivity contribution < 1.29 is 33.6 Å². The summed E-state index contributed by atoms with van der Waals surface area (Å²) in [5.74, 6) is 1.59. The molecule has 1 N–H and O–H groups in total. The van der Waals surface area contributed by atoms with Crippen molar-refractivity contribution in [3.8, 4) is 34.5 Å². The number of phenolic OH excluding ortho intramolecular Hbond substituents is 1. The number of methoxy groups -OCH3 is 5. The first-order valence-electron chi connectivity index (χ1n) is 9.44. The van der Waals surface area contributed by atoms with Crippen LogP contribution in [0.5, 0.6) is 34.5 Å². The van der Waals surface area contributed by atoms with Gasteiger partial charge >= 0.3 is 0 Å². The van der Waals surface area contributed by atoms with Crippen LogP contribution in [0.2, 0.25) is 0 Å². The van der Waals surface area contributed by atoms with E-state index in [2.05, 4.69) is 0 Å². The molecule has 0 bridgehead atoms. The molecular formula is C23H28O7. The summed E-state index contributed by atoms with van der Waals surface area (Å²) in [6.07, 6.45) is 4.32. The van der Waals surface area contributed by atoms with Gasteiger partial charge in [-0.1, -0.05) is 19.4 Å². The zero-order valence-corrected chi connectivity index (χ0v) is 18.2. The number of benzene rings is 2. The lowest BCUT2D eigenvalue weighted by Gasteiger charge is -2.16. The number of carbonyl (C=O) groups is 1. The Morgan fingerprint density at radius 3 is 1.90 bits per heavy atom. The Hall–Kier alpha value is -3.35. The first-order chi connectivity index (χ1) is 14.4. The highest BCUT2D eigenvalue weighted by Crippen LogP contribution is 2.41. The molecule has 162 valence electrons. The van der Waals surface area contributed by atoms with Crippen LogP contribution in [-0.4, -0.2) is 46.4 Å². The molecule has 0 saturated carbocycles. The van der Waals surface area contributed by atoms with Gasteiger partial charge in [-0.15, -0.1) is 0 Å². The number of allylic oxidation sites excluding steroid dienone is 1. The number of ketones is 1. The zero-order chi connectivity index (χ0) is 22.3.